The standard InChI is InChI=1S/C15H19F3N2O.C15H12N2O/c1-20-12-3-2-7-14(20,8-6-12)10-21-13-5-4-11(9-19-13)15(16,17)18;18-11-13-15(12-7-3-1-2-4-8-12)17-10-6-5-9-14(17)16-13/h4-5,9,12H,2-3,6-8,10H2,1H3;1-7,9-11H,8H2. The van der Waals surface area contributed by atoms with E-state index in [1.54, 1.807) is 0 Å². The third-order valence-electron chi connectivity index (χ3n) is 7.94. The first kappa shape index (κ1) is 26.9. The summed E-state index contributed by atoms with van der Waals surface area (Å²) in [5.74, 6) is 0.264. The van der Waals surface area contributed by atoms with E-state index in [4.69, 9.17) is 4.74 Å². The van der Waals surface area contributed by atoms with Crippen LogP contribution in [0.15, 0.2) is 73.1 Å². The van der Waals surface area contributed by atoms with Crippen LogP contribution in [0.3, 0.4) is 0 Å². The molecular formula is C30H31F3N4O2. The SMILES string of the molecule is CN1C2CCCC1(COc1ccc(C(F)(F)F)cn1)CC2.O=Cc1nc2ccccn2c1C1=CC=CC=CC1. The molecule has 0 aromatic carbocycles. The van der Waals surface area contributed by atoms with Crippen molar-refractivity contribution in [3.05, 3.63) is 90.1 Å². The van der Waals surface area contributed by atoms with Crippen LogP contribution in [0.4, 0.5) is 13.2 Å². The molecule has 0 amide bonds. The normalized spacial score (nSPS) is 22.7. The minimum absolute atomic E-state index is 0.0350. The van der Waals surface area contributed by atoms with Crippen LogP contribution in [-0.4, -0.2) is 50.8 Å². The average Bonchev–Trinajstić information content (AvgIpc) is 3.20. The molecule has 2 fully saturated rings. The predicted molar refractivity (Wildman–Crippen MR) is 144 cm³/mol. The lowest BCUT2D eigenvalue weighted by Crippen LogP contribution is -2.51. The van der Waals surface area contributed by atoms with E-state index in [1.807, 2.05) is 53.1 Å². The largest absolute Gasteiger partial charge is 0.476 e. The Labute approximate surface area is 225 Å². The van der Waals surface area contributed by atoms with Crippen molar-refractivity contribution in [1.82, 2.24) is 19.3 Å². The Balaban J connectivity index is 0.000000160. The van der Waals surface area contributed by atoms with Crippen molar-refractivity contribution in [2.24, 2.45) is 0 Å². The molecule has 204 valence electrons. The summed E-state index contributed by atoms with van der Waals surface area (Å²) in [6.07, 6.45) is 15.9. The van der Waals surface area contributed by atoms with Crippen molar-refractivity contribution in [2.45, 2.75) is 56.3 Å². The van der Waals surface area contributed by atoms with Crippen LogP contribution in [0.25, 0.3) is 11.2 Å². The van der Waals surface area contributed by atoms with Gasteiger partial charge in [-0.1, -0.05) is 36.4 Å². The summed E-state index contributed by atoms with van der Waals surface area (Å²) in [5.41, 5.74) is 2.57. The van der Waals surface area contributed by atoms with Gasteiger partial charge in [-0.3, -0.25) is 14.1 Å². The number of carbonyl (C=O) groups is 1. The van der Waals surface area contributed by atoms with Gasteiger partial charge >= 0.3 is 6.18 Å². The molecule has 5 heterocycles. The van der Waals surface area contributed by atoms with Crippen molar-refractivity contribution >= 4 is 17.5 Å². The first-order valence-electron chi connectivity index (χ1n) is 13.1. The average molecular weight is 537 g/mol. The fraction of sp³-hybridized carbons (Fsp3) is 0.367. The zero-order chi connectivity index (χ0) is 27.5. The molecule has 6 rings (SSSR count). The number of carbonyl (C=O) groups excluding carboxylic acids is 1. The van der Waals surface area contributed by atoms with E-state index in [-0.39, 0.29) is 11.4 Å². The van der Waals surface area contributed by atoms with Gasteiger partial charge in [-0.2, -0.15) is 13.2 Å². The molecule has 1 aliphatic carbocycles. The first-order chi connectivity index (χ1) is 18.8. The minimum Gasteiger partial charge on any atom is -0.476 e. The Morgan fingerprint density at radius 1 is 1.13 bits per heavy atom. The lowest BCUT2D eigenvalue weighted by atomic mass is 9.89. The molecule has 2 atom stereocenters. The molecule has 3 aromatic heterocycles. The molecule has 9 heteroatoms. The molecule has 2 aliphatic heterocycles. The lowest BCUT2D eigenvalue weighted by molar-refractivity contribution is -0.137. The highest BCUT2D eigenvalue weighted by atomic mass is 19.4. The van der Waals surface area contributed by atoms with Crippen molar-refractivity contribution in [3.63, 3.8) is 0 Å². The summed E-state index contributed by atoms with van der Waals surface area (Å²) >= 11 is 0. The molecular weight excluding hydrogens is 505 g/mol. The fourth-order valence-electron chi connectivity index (χ4n) is 5.75. The Hall–Kier alpha value is -3.72. The van der Waals surface area contributed by atoms with Crippen LogP contribution in [0.5, 0.6) is 5.88 Å². The number of pyridine rings is 2. The quantitative estimate of drug-likeness (QED) is 0.347. The molecule has 3 aromatic rings. The highest BCUT2D eigenvalue weighted by molar-refractivity contribution is 5.85. The smallest absolute Gasteiger partial charge is 0.417 e. The Bertz CT molecular complexity index is 1400. The topological polar surface area (TPSA) is 59.7 Å². The van der Waals surface area contributed by atoms with E-state index in [0.717, 1.165) is 54.7 Å². The van der Waals surface area contributed by atoms with Gasteiger partial charge < -0.3 is 4.74 Å². The van der Waals surface area contributed by atoms with Crippen LogP contribution in [0, 0.1) is 0 Å². The minimum atomic E-state index is -4.35. The number of fused-ring (bicyclic) bond motifs is 3. The maximum Gasteiger partial charge on any atom is 0.417 e. The van der Waals surface area contributed by atoms with Gasteiger partial charge in [-0.25, -0.2) is 9.97 Å². The molecule has 3 aliphatic rings. The van der Waals surface area contributed by atoms with Crippen LogP contribution in [0.1, 0.15) is 60.3 Å². The second-order valence-electron chi connectivity index (χ2n) is 10.2. The molecule has 6 nitrogen and oxygen atoms in total. The summed E-state index contributed by atoms with van der Waals surface area (Å²) in [6, 6.07) is 8.70. The maximum atomic E-state index is 12.5. The van der Waals surface area contributed by atoms with Crippen molar-refractivity contribution in [3.8, 4) is 5.88 Å². The summed E-state index contributed by atoms with van der Waals surface area (Å²) in [6.45, 7) is 0.498. The molecule has 2 saturated heterocycles. The zero-order valence-electron chi connectivity index (χ0n) is 21.8. The summed E-state index contributed by atoms with van der Waals surface area (Å²) in [7, 11) is 2.13. The van der Waals surface area contributed by atoms with E-state index in [1.165, 1.54) is 25.3 Å². The molecule has 0 saturated carbocycles. The number of rotatable bonds is 5. The van der Waals surface area contributed by atoms with Crippen molar-refractivity contribution < 1.29 is 22.7 Å². The van der Waals surface area contributed by atoms with Crippen LogP contribution in [-0.2, 0) is 6.18 Å². The number of ether oxygens (including phenoxy) is 1. The predicted octanol–water partition coefficient (Wildman–Crippen LogP) is 6.54. The summed E-state index contributed by atoms with van der Waals surface area (Å²) < 4.78 is 45.1. The Kier molecular flexibility index (Phi) is 7.70. The van der Waals surface area contributed by atoms with Crippen molar-refractivity contribution in [1.29, 1.82) is 0 Å². The number of imidazole rings is 1. The number of nitrogens with zero attached hydrogens (tertiary/aromatic N) is 4. The maximum absolute atomic E-state index is 12.5. The molecule has 2 unspecified atom stereocenters. The number of piperidine rings is 1. The van der Waals surface area contributed by atoms with Crippen LogP contribution < -0.4 is 4.74 Å². The van der Waals surface area contributed by atoms with Crippen LogP contribution in [0.2, 0.25) is 0 Å². The van der Waals surface area contributed by atoms with Gasteiger partial charge in [0.2, 0.25) is 5.88 Å². The van der Waals surface area contributed by atoms with Gasteiger partial charge in [-0.05, 0) is 69.3 Å². The van der Waals surface area contributed by atoms with E-state index in [9.17, 15) is 18.0 Å². The zero-order valence-corrected chi connectivity index (χ0v) is 21.8. The first-order valence-corrected chi connectivity index (χ1v) is 13.1. The highest BCUT2D eigenvalue weighted by Crippen LogP contribution is 2.43. The summed E-state index contributed by atoms with van der Waals surface area (Å²) in [5, 5.41) is 0. The van der Waals surface area contributed by atoms with Gasteiger partial charge in [0.25, 0.3) is 0 Å². The third-order valence-corrected chi connectivity index (χ3v) is 7.94. The van der Waals surface area contributed by atoms with E-state index in [2.05, 4.69) is 28.0 Å². The summed E-state index contributed by atoms with van der Waals surface area (Å²) in [4.78, 5) is 21.7. The number of aromatic nitrogens is 3. The number of allylic oxidation sites excluding steroid dienone is 6. The number of alkyl halides is 3. The van der Waals surface area contributed by atoms with Gasteiger partial charge in [-0.15, -0.1) is 0 Å². The van der Waals surface area contributed by atoms with Gasteiger partial charge in [0, 0.05) is 24.5 Å². The number of hydrogen-bond acceptors (Lipinski definition) is 5. The highest BCUT2D eigenvalue weighted by Gasteiger charge is 2.47. The lowest BCUT2D eigenvalue weighted by Gasteiger charge is -2.42. The number of halogens is 3. The van der Waals surface area contributed by atoms with Crippen LogP contribution >= 0.6 is 0 Å². The fourth-order valence-corrected chi connectivity index (χ4v) is 5.75. The molecule has 0 radical (unpaired) electrons. The Morgan fingerprint density at radius 3 is 2.77 bits per heavy atom. The third kappa shape index (κ3) is 5.68. The van der Waals surface area contributed by atoms with Gasteiger partial charge in [0.05, 0.1) is 16.8 Å². The van der Waals surface area contributed by atoms with E-state index < -0.39 is 11.7 Å². The molecule has 39 heavy (non-hydrogen) atoms. The van der Waals surface area contributed by atoms with Crippen molar-refractivity contribution in [2.75, 3.05) is 13.7 Å². The number of likely N-dealkylation sites (N-methyl/N-ethyl adjacent to an activating group) is 1. The van der Waals surface area contributed by atoms with E-state index >= 15 is 0 Å². The monoisotopic (exact) mass is 536 g/mol. The number of hydrogen-bond donors (Lipinski definition) is 0. The molecule has 2 bridgehead atoms. The van der Waals surface area contributed by atoms with Gasteiger partial charge in [0.15, 0.2) is 6.29 Å². The van der Waals surface area contributed by atoms with E-state index in [0.29, 0.717) is 18.3 Å². The second-order valence-corrected chi connectivity index (χ2v) is 10.2. The Morgan fingerprint density at radius 2 is 2.00 bits per heavy atom. The molecule has 0 spiro atoms. The second kappa shape index (κ2) is 11.2. The molecule has 0 N–H and O–H groups in total. The van der Waals surface area contributed by atoms with Gasteiger partial charge in [0.1, 0.15) is 17.9 Å². The number of aldehydes is 1.